The number of H-pyrrole nitrogens is 1. The molecule has 1 aromatic heterocycles. The highest BCUT2D eigenvalue weighted by atomic mass is 127. The van der Waals surface area contributed by atoms with Gasteiger partial charge < -0.3 is 10.1 Å². The topological polar surface area (TPSA) is 60.7 Å². The summed E-state index contributed by atoms with van der Waals surface area (Å²) in [4.78, 5) is 2.98. The first-order valence-corrected chi connectivity index (χ1v) is 7.53. The van der Waals surface area contributed by atoms with E-state index < -0.39 is 0 Å². The van der Waals surface area contributed by atoms with Crippen molar-refractivity contribution in [2.45, 2.75) is 0 Å². The number of aromatic amines is 1. The van der Waals surface area contributed by atoms with Gasteiger partial charge >= 0.3 is 0 Å². The van der Waals surface area contributed by atoms with Crippen molar-refractivity contribution in [2.24, 2.45) is 10.2 Å². The molecule has 2 aromatic carbocycles. The summed E-state index contributed by atoms with van der Waals surface area (Å²) in [6.45, 7) is 0. The summed E-state index contributed by atoms with van der Waals surface area (Å²) < 4.78 is 0.907. The fourth-order valence-electron chi connectivity index (χ4n) is 2.51. The molecule has 0 fully saturated rings. The van der Waals surface area contributed by atoms with Gasteiger partial charge in [0.1, 0.15) is 3.70 Å². The molecule has 0 saturated carbocycles. The monoisotopic (exact) mass is 387 g/mol. The van der Waals surface area contributed by atoms with Crippen LogP contribution >= 0.6 is 22.6 Å². The summed E-state index contributed by atoms with van der Waals surface area (Å²) in [5.41, 5.74) is 2.58. The van der Waals surface area contributed by atoms with Crippen molar-refractivity contribution >= 4 is 49.0 Å². The van der Waals surface area contributed by atoms with Crippen LogP contribution in [0.5, 0.6) is 5.88 Å². The lowest BCUT2D eigenvalue weighted by molar-refractivity contribution is 0.457. The van der Waals surface area contributed by atoms with Crippen LogP contribution in [0.1, 0.15) is 5.56 Å². The molecule has 102 valence electrons. The van der Waals surface area contributed by atoms with Gasteiger partial charge in [0, 0.05) is 21.7 Å². The minimum absolute atomic E-state index is 0.180. The minimum atomic E-state index is 0.180. The van der Waals surface area contributed by atoms with Crippen LogP contribution in [0.4, 0.5) is 5.69 Å². The van der Waals surface area contributed by atoms with E-state index in [2.05, 4.69) is 37.8 Å². The van der Waals surface area contributed by atoms with Gasteiger partial charge in [0.2, 0.25) is 0 Å². The van der Waals surface area contributed by atoms with Gasteiger partial charge in [-0.3, -0.25) is 0 Å². The molecular weight excluding hydrogens is 377 g/mol. The van der Waals surface area contributed by atoms with Gasteiger partial charge in [0.05, 0.1) is 5.69 Å². The van der Waals surface area contributed by atoms with Crippen LogP contribution in [-0.4, -0.2) is 10.1 Å². The Balaban J connectivity index is 1.96. The molecule has 2 heterocycles. The first-order chi connectivity index (χ1) is 10.2. The second-order valence-corrected chi connectivity index (χ2v) is 5.87. The number of rotatable bonds is 1. The largest absolute Gasteiger partial charge is 0.494 e. The Hall–Kier alpha value is -2.15. The molecule has 4 rings (SSSR count). The highest BCUT2D eigenvalue weighted by Crippen LogP contribution is 2.27. The van der Waals surface area contributed by atoms with Crippen LogP contribution in [0.3, 0.4) is 0 Å². The van der Waals surface area contributed by atoms with Gasteiger partial charge in [-0.25, -0.2) is 0 Å². The average molecular weight is 387 g/mol. The molecule has 1 aliphatic heterocycles. The van der Waals surface area contributed by atoms with Gasteiger partial charge in [0.15, 0.2) is 5.88 Å². The third-order valence-corrected chi connectivity index (χ3v) is 4.32. The first-order valence-electron chi connectivity index (χ1n) is 6.45. The lowest BCUT2D eigenvalue weighted by Crippen LogP contribution is -2.07. The zero-order chi connectivity index (χ0) is 14.4. The maximum absolute atomic E-state index is 10.1. The number of halogens is 1. The number of hydrogen-bond donors (Lipinski definition) is 2. The Labute approximate surface area is 133 Å². The predicted octanol–water partition coefficient (Wildman–Crippen LogP) is 3.30. The van der Waals surface area contributed by atoms with Crippen LogP contribution in [0.25, 0.3) is 20.7 Å². The molecule has 4 nitrogen and oxygen atoms in total. The second kappa shape index (κ2) is 4.70. The Morgan fingerprint density at radius 1 is 1.10 bits per heavy atom. The van der Waals surface area contributed by atoms with Gasteiger partial charge in [-0.05, 0) is 52.1 Å². The molecule has 0 spiro atoms. The smallest absolute Gasteiger partial charge is 0.196 e. The van der Waals surface area contributed by atoms with Crippen LogP contribution in [0.15, 0.2) is 52.7 Å². The third kappa shape index (κ3) is 2.04. The average Bonchev–Trinajstić information content (AvgIpc) is 3.01. The summed E-state index contributed by atoms with van der Waals surface area (Å²) in [6, 6.07) is 13.8. The molecule has 0 bridgehead atoms. The molecule has 0 unspecified atom stereocenters. The van der Waals surface area contributed by atoms with Crippen molar-refractivity contribution in [3.05, 3.63) is 58.5 Å². The van der Waals surface area contributed by atoms with Crippen molar-refractivity contribution < 1.29 is 5.11 Å². The van der Waals surface area contributed by atoms with Crippen molar-refractivity contribution in [1.29, 1.82) is 0 Å². The maximum atomic E-state index is 10.1. The Morgan fingerprint density at radius 2 is 1.95 bits per heavy atom. The molecule has 5 heteroatoms. The molecular formula is C16H10IN3O. The predicted molar refractivity (Wildman–Crippen MR) is 91.2 cm³/mol. The quantitative estimate of drug-likeness (QED) is 0.489. The number of azo groups is 1. The van der Waals surface area contributed by atoms with E-state index in [1.807, 2.05) is 48.5 Å². The lowest BCUT2D eigenvalue weighted by atomic mass is 10.1. The number of aromatic hydroxyl groups is 1. The fraction of sp³-hybridized carbons (Fsp3) is 0. The van der Waals surface area contributed by atoms with Crippen molar-refractivity contribution in [3.8, 4) is 5.88 Å². The van der Waals surface area contributed by atoms with Crippen LogP contribution < -0.4 is 10.4 Å². The van der Waals surface area contributed by atoms with E-state index in [1.54, 1.807) is 0 Å². The van der Waals surface area contributed by atoms with E-state index in [4.69, 9.17) is 0 Å². The van der Waals surface area contributed by atoms with Gasteiger partial charge in [-0.1, -0.05) is 24.3 Å². The molecule has 0 aliphatic carbocycles. The highest BCUT2D eigenvalue weighted by Gasteiger charge is 2.08. The molecule has 2 N–H and O–H groups in total. The number of benzene rings is 2. The van der Waals surface area contributed by atoms with Crippen molar-refractivity contribution in [1.82, 2.24) is 4.98 Å². The lowest BCUT2D eigenvalue weighted by Gasteiger charge is -1.94. The number of fused-ring (bicyclic) bond motifs is 2. The van der Waals surface area contributed by atoms with E-state index in [1.165, 1.54) is 0 Å². The summed E-state index contributed by atoms with van der Waals surface area (Å²) in [7, 11) is 0. The highest BCUT2D eigenvalue weighted by molar-refractivity contribution is 14.1. The van der Waals surface area contributed by atoms with Crippen LogP contribution in [0.2, 0.25) is 0 Å². The molecule has 0 saturated heterocycles. The van der Waals surface area contributed by atoms with Crippen molar-refractivity contribution in [3.63, 3.8) is 0 Å². The molecule has 0 atom stereocenters. The molecule has 0 amide bonds. The number of nitrogens with one attached hydrogen (secondary N) is 1. The number of para-hydroxylation sites is 1. The number of hydrogen-bond acceptors (Lipinski definition) is 3. The standard InChI is InChI=1S/C16H10IN3O/c17-15-11-6-5-9(8-14(11)19-20-15)7-12-10-3-1-2-4-13(10)18-16(12)21/h1-8,18,21H/b9-7+. The van der Waals surface area contributed by atoms with Crippen LogP contribution in [-0.2, 0) is 0 Å². The second-order valence-electron chi connectivity index (χ2n) is 4.84. The van der Waals surface area contributed by atoms with E-state index in [-0.39, 0.29) is 5.88 Å². The van der Waals surface area contributed by atoms with E-state index in [9.17, 15) is 5.11 Å². The summed E-state index contributed by atoms with van der Waals surface area (Å²) in [5.74, 6) is 0.180. The molecule has 1 aliphatic rings. The fourth-order valence-corrected chi connectivity index (χ4v) is 3.07. The van der Waals surface area contributed by atoms with E-state index >= 15 is 0 Å². The summed E-state index contributed by atoms with van der Waals surface area (Å²) in [6.07, 6.45) is 1.95. The van der Waals surface area contributed by atoms with Gasteiger partial charge in [-0.2, -0.15) is 0 Å². The molecule has 21 heavy (non-hydrogen) atoms. The Bertz CT molecular complexity index is 1020. The zero-order valence-corrected chi connectivity index (χ0v) is 13.0. The van der Waals surface area contributed by atoms with E-state index in [0.29, 0.717) is 0 Å². The van der Waals surface area contributed by atoms with Crippen LogP contribution in [0, 0.1) is 0 Å². The Morgan fingerprint density at radius 3 is 2.86 bits per heavy atom. The summed E-state index contributed by atoms with van der Waals surface area (Å²) in [5, 5.41) is 21.3. The molecule has 3 aromatic rings. The maximum Gasteiger partial charge on any atom is 0.196 e. The minimum Gasteiger partial charge on any atom is -0.494 e. The third-order valence-electron chi connectivity index (χ3n) is 3.53. The first kappa shape index (κ1) is 12.6. The van der Waals surface area contributed by atoms with Crippen molar-refractivity contribution in [2.75, 3.05) is 0 Å². The number of aromatic nitrogens is 1. The molecule has 0 radical (unpaired) electrons. The van der Waals surface area contributed by atoms with E-state index in [0.717, 1.165) is 36.3 Å². The zero-order valence-electron chi connectivity index (χ0n) is 10.8. The van der Waals surface area contributed by atoms with Gasteiger partial charge in [-0.15, -0.1) is 10.2 Å². The SMILES string of the molecule is Oc1[nH]c2ccccc2c1/C=c1\ccc2c(c1)N=NC=2I. The Kier molecular flexibility index (Phi) is 2.81. The normalized spacial score (nSPS) is 14.1. The van der Waals surface area contributed by atoms with Gasteiger partial charge in [0.25, 0.3) is 0 Å². The summed E-state index contributed by atoms with van der Waals surface area (Å²) >= 11 is 2.18. The number of nitrogens with zero attached hydrogens (tertiary/aromatic N) is 2.